The minimum Gasteiger partial charge on any atom is -0.497 e. The zero-order valence-electron chi connectivity index (χ0n) is 15.5. The number of nitrogens with zero attached hydrogens (tertiary/aromatic N) is 1. The van der Waals surface area contributed by atoms with Gasteiger partial charge in [0.05, 0.1) is 12.7 Å². The highest BCUT2D eigenvalue weighted by Crippen LogP contribution is 2.32. The van der Waals surface area contributed by atoms with Crippen molar-refractivity contribution in [3.63, 3.8) is 0 Å². The number of benzene rings is 2. The van der Waals surface area contributed by atoms with E-state index in [1.807, 2.05) is 30.3 Å². The molecule has 1 aliphatic rings. The standard InChI is InChI=1S/C21H25NO4/c1-21(2)14-22(11-10-15-6-4-5-7-18(15)20(23)24)13-16-8-9-17(25-3)12-19(16)26-21/h4-9,12H,10-11,13-14H2,1-3H3,(H,23,24). The van der Waals surface area contributed by atoms with E-state index in [-0.39, 0.29) is 5.60 Å². The highest BCUT2D eigenvalue weighted by atomic mass is 16.5. The number of aromatic carboxylic acids is 1. The number of rotatable bonds is 5. The van der Waals surface area contributed by atoms with Crippen molar-refractivity contribution in [2.75, 3.05) is 20.2 Å². The Morgan fingerprint density at radius 2 is 2.04 bits per heavy atom. The highest BCUT2D eigenvalue weighted by molar-refractivity contribution is 5.89. The molecule has 0 fully saturated rings. The van der Waals surface area contributed by atoms with Crippen molar-refractivity contribution in [2.45, 2.75) is 32.4 Å². The predicted octanol–water partition coefficient (Wildman–Crippen LogP) is 3.61. The van der Waals surface area contributed by atoms with Gasteiger partial charge in [0.1, 0.15) is 17.1 Å². The van der Waals surface area contributed by atoms with Crippen molar-refractivity contribution in [3.05, 3.63) is 59.2 Å². The number of hydrogen-bond donors (Lipinski definition) is 1. The van der Waals surface area contributed by atoms with E-state index in [0.717, 1.165) is 42.3 Å². The van der Waals surface area contributed by atoms with Crippen LogP contribution in [0.4, 0.5) is 0 Å². The Labute approximate surface area is 154 Å². The number of ether oxygens (including phenoxy) is 2. The summed E-state index contributed by atoms with van der Waals surface area (Å²) in [5, 5.41) is 9.36. The maximum atomic E-state index is 11.4. The number of carbonyl (C=O) groups is 1. The van der Waals surface area contributed by atoms with Gasteiger partial charge in [-0.05, 0) is 38.0 Å². The van der Waals surface area contributed by atoms with Crippen molar-refractivity contribution in [1.29, 1.82) is 0 Å². The van der Waals surface area contributed by atoms with Gasteiger partial charge >= 0.3 is 5.97 Å². The molecule has 1 aliphatic heterocycles. The van der Waals surface area contributed by atoms with Crippen LogP contribution in [0, 0.1) is 0 Å². The fraction of sp³-hybridized carbons (Fsp3) is 0.381. The lowest BCUT2D eigenvalue weighted by Crippen LogP contribution is -2.41. The van der Waals surface area contributed by atoms with Gasteiger partial charge in [-0.3, -0.25) is 4.90 Å². The third-order valence-electron chi connectivity index (χ3n) is 4.60. The Morgan fingerprint density at radius 3 is 2.77 bits per heavy atom. The van der Waals surface area contributed by atoms with Crippen LogP contribution in [0.1, 0.15) is 35.3 Å². The van der Waals surface area contributed by atoms with Crippen molar-refractivity contribution in [1.82, 2.24) is 4.90 Å². The highest BCUT2D eigenvalue weighted by Gasteiger charge is 2.29. The van der Waals surface area contributed by atoms with Gasteiger partial charge in [-0.25, -0.2) is 4.79 Å². The minimum atomic E-state index is -0.877. The number of hydrogen-bond acceptors (Lipinski definition) is 4. The second-order valence-corrected chi connectivity index (χ2v) is 7.26. The van der Waals surface area contributed by atoms with E-state index in [9.17, 15) is 9.90 Å². The molecule has 3 rings (SSSR count). The van der Waals surface area contributed by atoms with Crippen molar-refractivity contribution in [3.8, 4) is 11.5 Å². The Morgan fingerprint density at radius 1 is 1.27 bits per heavy atom. The van der Waals surface area contributed by atoms with E-state index in [2.05, 4.69) is 18.7 Å². The fourth-order valence-corrected chi connectivity index (χ4v) is 3.44. The molecule has 0 spiro atoms. The van der Waals surface area contributed by atoms with E-state index >= 15 is 0 Å². The first-order valence-corrected chi connectivity index (χ1v) is 8.77. The molecule has 0 atom stereocenters. The van der Waals surface area contributed by atoms with Crippen molar-refractivity contribution >= 4 is 5.97 Å². The van der Waals surface area contributed by atoms with Crippen LogP contribution in [0.25, 0.3) is 0 Å². The second-order valence-electron chi connectivity index (χ2n) is 7.26. The topological polar surface area (TPSA) is 59.0 Å². The van der Waals surface area contributed by atoms with E-state index in [0.29, 0.717) is 12.0 Å². The third-order valence-corrected chi connectivity index (χ3v) is 4.60. The summed E-state index contributed by atoms with van der Waals surface area (Å²) in [5.74, 6) is 0.753. The van der Waals surface area contributed by atoms with E-state index in [1.54, 1.807) is 19.2 Å². The fourth-order valence-electron chi connectivity index (χ4n) is 3.44. The summed E-state index contributed by atoms with van der Waals surface area (Å²) in [6.45, 7) is 6.43. The van der Waals surface area contributed by atoms with Gasteiger partial charge in [0, 0.05) is 31.3 Å². The molecular formula is C21H25NO4. The molecule has 0 radical (unpaired) electrons. The largest absolute Gasteiger partial charge is 0.497 e. The third kappa shape index (κ3) is 4.17. The molecule has 1 N–H and O–H groups in total. The van der Waals surface area contributed by atoms with E-state index < -0.39 is 5.97 Å². The summed E-state index contributed by atoms with van der Waals surface area (Å²) in [4.78, 5) is 13.7. The second kappa shape index (κ2) is 7.38. The molecule has 1 heterocycles. The molecule has 0 aromatic heterocycles. The maximum Gasteiger partial charge on any atom is 0.335 e. The lowest BCUT2D eigenvalue weighted by atomic mass is 10.0. The molecule has 2 aromatic carbocycles. The summed E-state index contributed by atoms with van der Waals surface area (Å²) in [6.07, 6.45) is 0.685. The number of carboxylic acids is 1. The Hall–Kier alpha value is -2.53. The normalized spacial score (nSPS) is 16.3. The maximum absolute atomic E-state index is 11.4. The van der Waals surface area contributed by atoms with Crippen LogP contribution in [0.15, 0.2) is 42.5 Å². The van der Waals surface area contributed by atoms with Crippen LogP contribution < -0.4 is 9.47 Å². The molecule has 0 aliphatic carbocycles. The van der Waals surface area contributed by atoms with Crippen LogP contribution in [0.3, 0.4) is 0 Å². The lowest BCUT2D eigenvalue weighted by molar-refractivity contribution is 0.0683. The summed E-state index contributed by atoms with van der Waals surface area (Å²) in [6, 6.07) is 13.1. The molecule has 0 amide bonds. The summed E-state index contributed by atoms with van der Waals surface area (Å²) in [5.41, 5.74) is 2.01. The van der Waals surface area contributed by atoms with Gasteiger partial charge < -0.3 is 14.6 Å². The van der Waals surface area contributed by atoms with Crippen LogP contribution in [-0.4, -0.2) is 41.8 Å². The first kappa shape index (κ1) is 18.3. The Kier molecular flexibility index (Phi) is 5.18. The van der Waals surface area contributed by atoms with Crippen LogP contribution in [-0.2, 0) is 13.0 Å². The predicted molar refractivity (Wildman–Crippen MR) is 100 cm³/mol. The molecule has 0 bridgehead atoms. The van der Waals surface area contributed by atoms with Gasteiger partial charge in [0.2, 0.25) is 0 Å². The van der Waals surface area contributed by atoms with Crippen molar-refractivity contribution in [2.24, 2.45) is 0 Å². The smallest absolute Gasteiger partial charge is 0.335 e. The number of carboxylic acid groups (broad SMARTS) is 1. The number of methoxy groups -OCH3 is 1. The van der Waals surface area contributed by atoms with Crippen molar-refractivity contribution < 1.29 is 19.4 Å². The molecule has 2 aromatic rings. The summed E-state index contributed by atoms with van der Waals surface area (Å²) >= 11 is 0. The molecule has 5 nitrogen and oxygen atoms in total. The zero-order valence-corrected chi connectivity index (χ0v) is 15.5. The van der Waals surface area contributed by atoms with Crippen LogP contribution in [0.5, 0.6) is 11.5 Å². The van der Waals surface area contributed by atoms with Gasteiger partial charge in [-0.1, -0.05) is 24.3 Å². The van der Waals surface area contributed by atoms with Gasteiger partial charge in [-0.15, -0.1) is 0 Å². The van der Waals surface area contributed by atoms with Gasteiger partial charge in [0.15, 0.2) is 0 Å². The summed E-state index contributed by atoms with van der Waals surface area (Å²) in [7, 11) is 1.65. The molecule has 5 heteroatoms. The Balaban J connectivity index is 1.79. The Bertz CT molecular complexity index is 800. The average Bonchev–Trinajstić information content (AvgIpc) is 2.73. The summed E-state index contributed by atoms with van der Waals surface area (Å²) < 4.78 is 11.5. The molecule has 0 saturated carbocycles. The molecule has 26 heavy (non-hydrogen) atoms. The van der Waals surface area contributed by atoms with E-state index in [4.69, 9.17) is 9.47 Å². The SMILES string of the molecule is COc1ccc2c(c1)OC(C)(C)CN(CCc1ccccc1C(=O)O)C2. The van der Waals surface area contributed by atoms with Gasteiger partial charge in [-0.2, -0.15) is 0 Å². The van der Waals surface area contributed by atoms with Crippen LogP contribution >= 0.6 is 0 Å². The molecule has 138 valence electrons. The molecule has 0 unspecified atom stereocenters. The average molecular weight is 355 g/mol. The van der Waals surface area contributed by atoms with Gasteiger partial charge in [0.25, 0.3) is 0 Å². The first-order chi connectivity index (χ1) is 12.4. The lowest BCUT2D eigenvalue weighted by Gasteiger charge is -2.29. The molecule has 0 saturated heterocycles. The quantitative estimate of drug-likeness (QED) is 0.888. The minimum absolute atomic E-state index is 0.343. The molecular weight excluding hydrogens is 330 g/mol. The zero-order chi connectivity index (χ0) is 18.7. The first-order valence-electron chi connectivity index (χ1n) is 8.77. The monoisotopic (exact) mass is 355 g/mol. The number of fused-ring (bicyclic) bond motifs is 1. The van der Waals surface area contributed by atoms with Crippen LogP contribution in [0.2, 0.25) is 0 Å². The van der Waals surface area contributed by atoms with E-state index in [1.165, 1.54) is 0 Å².